The number of aliphatic carboxylic acids is 1. The molecule has 35 heavy (non-hydrogen) atoms. The number of hydrogen-bond acceptors (Lipinski definition) is 4. The van der Waals surface area contributed by atoms with Crippen LogP contribution in [-0.2, 0) is 9.59 Å². The van der Waals surface area contributed by atoms with Gasteiger partial charge in [0, 0.05) is 17.5 Å². The molecule has 2 aromatic carbocycles. The standard InChI is InChI=1S/C22H24N4O2.C2HF3O2/c27-20(14-23-22(28)15-7-2-1-3-8-15)24-17-10-6-9-16(13-17)21-25-18-11-4-5-12-19(18)26-21;3-2(4,5)1(6)7/h1-5,7-8,11-12,16-17H,6,9-10,13-14H2,(H,23,28)(H,24,27)(H,25,26);(H,6,7). The molecular formula is C24H25F3N4O4. The van der Waals surface area contributed by atoms with Gasteiger partial charge in [0.25, 0.3) is 5.91 Å². The third kappa shape index (κ3) is 7.56. The van der Waals surface area contributed by atoms with E-state index >= 15 is 0 Å². The Bertz CT molecular complexity index is 1130. The highest BCUT2D eigenvalue weighted by Gasteiger charge is 2.38. The quantitative estimate of drug-likeness (QED) is 0.434. The molecule has 4 rings (SSSR count). The summed E-state index contributed by atoms with van der Waals surface area (Å²) < 4.78 is 31.7. The van der Waals surface area contributed by atoms with Crippen molar-refractivity contribution >= 4 is 28.8 Å². The summed E-state index contributed by atoms with van der Waals surface area (Å²) in [6.45, 7) is -0.0144. The van der Waals surface area contributed by atoms with E-state index in [1.807, 2.05) is 30.3 Å². The van der Waals surface area contributed by atoms with Crippen LogP contribution in [0.2, 0.25) is 0 Å². The maximum Gasteiger partial charge on any atom is 0.490 e. The molecule has 4 N–H and O–H groups in total. The van der Waals surface area contributed by atoms with Crippen LogP contribution in [0.4, 0.5) is 13.2 Å². The average Bonchev–Trinajstić information content (AvgIpc) is 3.27. The van der Waals surface area contributed by atoms with E-state index in [4.69, 9.17) is 14.9 Å². The minimum absolute atomic E-state index is 0.0144. The minimum atomic E-state index is -5.08. The van der Waals surface area contributed by atoms with Crippen LogP contribution in [0.1, 0.15) is 47.8 Å². The number of carbonyl (C=O) groups excluding carboxylic acids is 2. The summed E-state index contributed by atoms with van der Waals surface area (Å²) in [5.74, 6) is -1.84. The van der Waals surface area contributed by atoms with Crippen LogP contribution >= 0.6 is 0 Å². The van der Waals surface area contributed by atoms with Gasteiger partial charge in [-0.3, -0.25) is 9.59 Å². The van der Waals surface area contributed by atoms with E-state index in [9.17, 15) is 22.8 Å². The molecule has 1 heterocycles. The molecule has 11 heteroatoms. The smallest absolute Gasteiger partial charge is 0.475 e. The second kappa shape index (κ2) is 11.5. The highest BCUT2D eigenvalue weighted by Crippen LogP contribution is 2.32. The zero-order valence-electron chi connectivity index (χ0n) is 18.6. The second-order valence-electron chi connectivity index (χ2n) is 8.12. The van der Waals surface area contributed by atoms with Crippen molar-refractivity contribution in [1.82, 2.24) is 20.6 Å². The van der Waals surface area contributed by atoms with Gasteiger partial charge in [0.1, 0.15) is 5.82 Å². The van der Waals surface area contributed by atoms with Crippen LogP contribution in [0.3, 0.4) is 0 Å². The number of para-hydroxylation sites is 2. The van der Waals surface area contributed by atoms with E-state index in [0.29, 0.717) is 11.5 Å². The van der Waals surface area contributed by atoms with E-state index < -0.39 is 12.1 Å². The molecular weight excluding hydrogens is 465 g/mol. The number of carboxylic acids is 1. The largest absolute Gasteiger partial charge is 0.490 e. The van der Waals surface area contributed by atoms with Crippen LogP contribution in [0.5, 0.6) is 0 Å². The van der Waals surface area contributed by atoms with Crippen molar-refractivity contribution in [1.29, 1.82) is 0 Å². The maximum atomic E-state index is 12.3. The Hall–Kier alpha value is -3.89. The number of aromatic nitrogens is 2. The van der Waals surface area contributed by atoms with E-state index in [2.05, 4.69) is 15.6 Å². The zero-order valence-corrected chi connectivity index (χ0v) is 18.6. The molecule has 2 atom stereocenters. The number of carbonyl (C=O) groups is 3. The Morgan fingerprint density at radius 1 is 1.03 bits per heavy atom. The average molecular weight is 490 g/mol. The number of nitrogens with one attached hydrogen (secondary N) is 3. The van der Waals surface area contributed by atoms with Crippen LogP contribution in [-0.4, -0.2) is 51.6 Å². The third-order valence-corrected chi connectivity index (χ3v) is 5.52. The van der Waals surface area contributed by atoms with Gasteiger partial charge in [-0.2, -0.15) is 13.2 Å². The van der Waals surface area contributed by atoms with E-state index in [1.54, 1.807) is 24.3 Å². The number of rotatable bonds is 5. The predicted molar refractivity (Wildman–Crippen MR) is 122 cm³/mol. The lowest BCUT2D eigenvalue weighted by atomic mass is 9.85. The van der Waals surface area contributed by atoms with Gasteiger partial charge in [-0.05, 0) is 43.5 Å². The van der Waals surface area contributed by atoms with E-state index in [0.717, 1.165) is 42.5 Å². The van der Waals surface area contributed by atoms with Crippen molar-refractivity contribution < 1.29 is 32.7 Å². The van der Waals surface area contributed by atoms with Gasteiger partial charge in [0.15, 0.2) is 0 Å². The number of alkyl halides is 3. The first-order chi connectivity index (χ1) is 16.6. The molecule has 2 unspecified atom stereocenters. The van der Waals surface area contributed by atoms with Crippen LogP contribution < -0.4 is 10.6 Å². The number of benzene rings is 2. The molecule has 3 aromatic rings. The van der Waals surface area contributed by atoms with Gasteiger partial charge < -0.3 is 20.7 Å². The molecule has 0 radical (unpaired) electrons. The number of amides is 2. The van der Waals surface area contributed by atoms with Gasteiger partial charge in [-0.25, -0.2) is 9.78 Å². The lowest BCUT2D eigenvalue weighted by molar-refractivity contribution is -0.192. The molecule has 0 aliphatic heterocycles. The lowest BCUT2D eigenvalue weighted by Crippen LogP contribution is -2.43. The van der Waals surface area contributed by atoms with Gasteiger partial charge in [0.05, 0.1) is 17.6 Å². The maximum absolute atomic E-state index is 12.3. The van der Waals surface area contributed by atoms with Gasteiger partial charge in [0.2, 0.25) is 5.91 Å². The summed E-state index contributed by atoms with van der Waals surface area (Å²) in [7, 11) is 0. The Morgan fingerprint density at radius 3 is 2.34 bits per heavy atom. The molecule has 8 nitrogen and oxygen atoms in total. The zero-order chi connectivity index (χ0) is 25.4. The summed E-state index contributed by atoms with van der Waals surface area (Å²) in [4.78, 5) is 41.4. The van der Waals surface area contributed by atoms with Crippen molar-refractivity contribution in [3.63, 3.8) is 0 Å². The molecule has 1 fully saturated rings. The van der Waals surface area contributed by atoms with Crippen LogP contribution in [0.25, 0.3) is 11.0 Å². The van der Waals surface area contributed by atoms with Crippen LogP contribution in [0, 0.1) is 0 Å². The minimum Gasteiger partial charge on any atom is -0.475 e. The summed E-state index contributed by atoms with van der Waals surface area (Å²) >= 11 is 0. The third-order valence-electron chi connectivity index (χ3n) is 5.52. The number of hydrogen-bond donors (Lipinski definition) is 4. The predicted octanol–water partition coefficient (Wildman–Crippen LogP) is 3.77. The summed E-state index contributed by atoms with van der Waals surface area (Å²) in [5, 5.41) is 12.9. The van der Waals surface area contributed by atoms with Gasteiger partial charge >= 0.3 is 12.1 Å². The number of H-pyrrole nitrogens is 1. The van der Waals surface area contributed by atoms with Crippen molar-refractivity contribution in [3.8, 4) is 0 Å². The summed E-state index contributed by atoms with van der Waals surface area (Å²) in [6.07, 6.45) is -1.16. The van der Waals surface area contributed by atoms with Gasteiger partial charge in [-0.15, -0.1) is 0 Å². The SMILES string of the molecule is O=C(CNC(=O)c1ccccc1)NC1CCCC(c2nc3ccccc3[nH]2)C1.O=C(O)C(F)(F)F. The Morgan fingerprint density at radius 2 is 1.69 bits per heavy atom. The summed E-state index contributed by atoms with van der Waals surface area (Å²) in [5.41, 5.74) is 2.58. The first kappa shape index (κ1) is 25.7. The Kier molecular flexibility index (Phi) is 8.45. The Balaban J connectivity index is 0.000000429. The van der Waals surface area contributed by atoms with Crippen molar-refractivity contribution in [3.05, 3.63) is 66.0 Å². The highest BCUT2D eigenvalue weighted by atomic mass is 19.4. The number of nitrogens with zero attached hydrogens (tertiary/aromatic N) is 1. The number of aromatic amines is 1. The topological polar surface area (TPSA) is 124 Å². The first-order valence-electron chi connectivity index (χ1n) is 11.0. The number of carboxylic acid groups (broad SMARTS) is 1. The van der Waals surface area contributed by atoms with Crippen LogP contribution in [0.15, 0.2) is 54.6 Å². The van der Waals surface area contributed by atoms with Gasteiger partial charge in [-0.1, -0.05) is 36.8 Å². The number of fused-ring (bicyclic) bond motifs is 1. The molecule has 0 saturated heterocycles. The molecule has 1 aliphatic carbocycles. The van der Waals surface area contributed by atoms with E-state index in [-0.39, 0.29) is 24.4 Å². The molecule has 1 saturated carbocycles. The van der Waals surface area contributed by atoms with Crippen molar-refractivity contribution in [2.24, 2.45) is 0 Å². The highest BCUT2D eigenvalue weighted by molar-refractivity contribution is 5.96. The lowest BCUT2D eigenvalue weighted by Gasteiger charge is -2.28. The fraction of sp³-hybridized carbons (Fsp3) is 0.333. The first-order valence-corrected chi connectivity index (χ1v) is 11.0. The fourth-order valence-electron chi connectivity index (χ4n) is 3.87. The van der Waals surface area contributed by atoms with Crippen molar-refractivity contribution in [2.45, 2.75) is 43.8 Å². The normalized spacial score (nSPS) is 17.7. The molecule has 186 valence electrons. The summed E-state index contributed by atoms with van der Waals surface area (Å²) in [6, 6.07) is 17.0. The van der Waals surface area contributed by atoms with E-state index in [1.165, 1.54) is 0 Å². The fourth-order valence-corrected chi connectivity index (χ4v) is 3.87. The number of imidazole rings is 1. The monoisotopic (exact) mass is 490 g/mol. The number of halogens is 3. The molecule has 0 spiro atoms. The Labute approximate surface area is 198 Å². The molecule has 0 bridgehead atoms. The second-order valence-corrected chi connectivity index (χ2v) is 8.12. The van der Waals surface area contributed by atoms with Crippen molar-refractivity contribution in [2.75, 3.05) is 6.54 Å². The molecule has 1 aromatic heterocycles. The molecule has 1 aliphatic rings. The molecule has 2 amide bonds.